The topological polar surface area (TPSA) is 39.2 Å². The van der Waals surface area contributed by atoms with Crippen LogP contribution in [-0.4, -0.2) is 17.6 Å². The fourth-order valence-corrected chi connectivity index (χ4v) is 1.13. The Labute approximate surface area is 94.4 Å². The minimum absolute atomic E-state index is 0.297. The molecule has 0 N–H and O–H groups in total. The summed E-state index contributed by atoms with van der Waals surface area (Å²) in [5.41, 5.74) is 0.990. The molecule has 0 radical (unpaired) electrons. The van der Waals surface area contributed by atoms with E-state index < -0.39 is 5.97 Å². The van der Waals surface area contributed by atoms with Gasteiger partial charge in [0.1, 0.15) is 5.69 Å². The van der Waals surface area contributed by atoms with E-state index in [0.717, 1.165) is 0 Å². The Kier molecular flexibility index (Phi) is 4.56. The van der Waals surface area contributed by atoms with Gasteiger partial charge in [-0.2, -0.15) is 0 Å². The molecule has 4 heteroatoms. The van der Waals surface area contributed by atoms with Crippen LogP contribution in [0.3, 0.4) is 0 Å². The van der Waals surface area contributed by atoms with Gasteiger partial charge in [-0.15, -0.1) is 11.6 Å². The third-order valence-corrected chi connectivity index (χ3v) is 1.97. The maximum absolute atomic E-state index is 11.5. The molecule has 0 aliphatic carbocycles. The zero-order valence-corrected chi connectivity index (χ0v) is 9.62. The molecule has 0 saturated heterocycles. The number of carbonyl (C=O) groups is 1. The molecule has 82 valence electrons. The lowest BCUT2D eigenvalue weighted by molar-refractivity contribution is 0.0452. The molecular weight excluding hydrogens is 214 g/mol. The van der Waals surface area contributed by atoms with Gasteiger partial charge in [-0.1, -0.05) is 19.9 Å². The first-order chi connectivity index (χ1) is 7.13. The van der Waals surface area contributed by atoms with Crippen LogP contribution in [0.25, 0.3) is 0 Å². The second kappa shape index (κ2) is 5.71. The molecule has 0 bridgehead atoms. The lowest BCUT2D eigenvalue weighted by Crippen LogP contribution is -2.12. The highest BCUT2D eigenvalue weighted by Crippen LogP contribution is 2.05. The lowest BCUT2D eigenvalue weighted by atomic mass is 10.2. The molecule has 0 fully saturated rings. The number of hydrogen-bond acceptors (Lipinski definition) is 3. The number of hydrogen-bond donors (Lipinski definition) is 0. The predicted octanol–water partition coefficient (Wildman–Crippen LogP) is 2.63. The smallest absolute Gasteiger partial charge is 0.356 e. The largest absolute Gasteiger partial charge is 0.461 e. The van der Waals surface area contributed by atoms with Gasteiger partial charge in [-0.25, -0.2) is 9.78 Å². The minimum atomic E-state index is -0.393. The summed E-state index contributed by atoms with van der Waals surface area (Å²) in [4.78, 5) is 15.6. The molecule has 0 aromatic carbocycles. The van der Waals surface area contributed by atoms with E-state index in [9.17, 15) is 4.79 Å². The Balaban J connectivity index is 2.65. The molecule has 1 aromatic heterocycles. The molecule has 1 rings (SSSR count). The summed E-state index contributed by atoms with van der Waals surface area (Å²) in [5.74, 6) is 0.228. The van der Waals surface area contributed by atoms with Crippen LogP contribution in [0.1, 0.15) is 30.0 Å². The zero-order chi connectivity index (χ0) is 11.3. The molecule has 0 amide bonds. The molecule has 0 aliphatic rings. The fourth-order valence-electron chi connectivity index (χ4n) is 0.984. The van der Waals surface area contributed by atoms with E-state index in [4.69, 9.17) is 16.3 Å². The van der Waals surface area contributed by atoms with Gasteiger partial charge in [-0.05, 0) is 18.1 Å². The summed E-state index contributed by atoms with van der Waals surface area (Å²) in [6.45, 7) is 4.37. The van der Waals surface area contributed by atoms with Crippen LogP contribution in [-0.2, 0) is 10.6 Å². The van der Waals surface area contributed by atoms with Crippen molar-refractivity contribution in [3.05, 3.63) is 29.6 Å². The van der Waals surface area contributed by atoms with Crippen LogP contribution in [0.2, 0.25) is 0 Å². The monoisotopic (exact) mass is 227 g/mol. The summed E-state index contributed by atoms with van der Waals surface area (Å²) in [6.07, 6.45) is 0. The van der Waals surface area contributed by atoms with Gasteiger partial charge < -0.3 is 4.74 Å². The number of carbonyl (C=O) groups excluding carboxylic acids is 1. The number of halogens is 1. The van der Waals surface area contributed by atoms with Crippen LogP contribution in [0.4, 0.5) is 0 Å². The van der Waals surface area contributed by atoms with E-state index in [-0.39, 0.29) is 0 Å². The van der Waals surface area contributed by atoms with E-state index in [2.05, 4.69) is 4.98 Å². The number of aromatic nitrogens is 1. The number of esters is 1. The van der Waals surface area contributed by atoms with Crippen molar-refractivity contribution in [2.45, 2.75) is 19.7 Å². The predicted molar refractivity (Wildman–Crippen MR) is 58.9 cm³/mol. The first kappa shape index (κ1) is 12.0. The van der Waals surface area contributed by atoms with Crippen molar-refractivity contribution in [2.24, 2.45) is 5.92 Å². The van der Waals surface area contributed by atoms with Gasteiger partial charge in [0, 0.05) is 0 Å². The second-order valence-corrected chi connectivity index (χ2v) is 3.91. The molecule has 15 heavy (non-hydrogen) atoms. The number of rotatable bonds is 4. The molecule has 1 heterocycles. The summed E-state index contributed by atoms with van der Waals surface area (Å²) in [7, 11) is 0. The highest BCUT2D eigenvalue weighted by atomic mass is 35.5. The maximum Gasteiger partial charge on any atom is 0.356 e. The summed E-state index contributed by atoms with van der Waals surface area (Å²) in [6, 6.07) is 5.14. The quantitative estimate of drug-likeness (QED) is 0.586. The molecule has 0 aliphatic heterocycles. The Morgan fingerprint density at radius 2 is 2.27 bits per heavy atom. The van der Waals surface area contributed by atoms with Gasteiger partial charge in [0.25, 0.3) is 0 Å². The summed E-state index contributed by atoms with van der Waals surface area (Å²) in [5, 5.41) is 0. The Morgan fingerprint density at radius 1 is 1.53 bits per heavy atom. The normalized spacial score (nSPS) is 10.4. The van der Waals surface area contributed by atoms with Crippen molar-refractivity contribution in [3.8, 4) is 0 Å². The van der Waals surface area contributed by atoms with Gasteiger partial charge in [-0.3, -0.25) is 0 Å². The van der Waals surface area contributed by atoms with Crippen molar-refractivity contribution in [3.63, 3.8) is 0 Å². The van der Waals surface area contributed by atoms with Crippen LogP contribution in [0.5, 0.6) is 0 Å². The minimum Gasteiger partial charge on any atom is -0.461 e. The summed E-state index contributed by atoms with van der Waals surface area (Å²) < 4.78 is 5.04. The Bertz CT molecular complexity index is 339. The van der Waals surface area contributed by atoms with Crippen LogP contribution < -0.4 is 0 Å². The molecule has 0 spiro atoms. The first-order valence-electron chi connectivity index (χ1n) is 4.82. The Morgan fingerprint density at radius 3 is 2.87 bits per heavy atom. The highest BCUT2D eigenvalue weighted by Gasteiger charge is 2.09. The average Bonchev–Trinajstić information content (AvgIpc) is 2.26. The average molecular weight is 228 g/mol. The zero-order valence-electron chi connectivity index (χ0n) is 8.87. The first-order valence-corrected chi connectivity index (χ1v) is 5.36. The molecule has 0 saturated carbocycles. The van der Waals surface area contributed by atoms with E-state index in [1.807, 2.05) is 13.8 Å². The van der Waals surface area contributed by atoms with Crippen LogP contribution in [0, 0.1) is 5.92 Å². The molecular formula is C11H14ClNO2. The SMILES string of the molecule is CC(C)COC(=O)c1cccc(CCl)n1. The second-order valence-electron chi connectivity index (χ2n) is 3.64. The van der Waals surface area contributed by atoms with Crippen molar-refractivity contribution in [1.82, 2.24) is 4.98 Å². The van der Waals surface area contributed by atoms with Crippen molar-refractivity contribution < 1.29 is 9.53 Å². The van der Waals surface area contributed by atoms with Gasteiger partial charge in [0.15, 0.2) is 0 Å². The number of nitrogens with zero attached hydrogens (tertiary/aromatic N) is 1. The molecule has 0 atom stereocenters. The number of alkyl halides is 1. The molecule has 0 unspecified atom stereocenters. The highest BCUT2D eigenvalue weighted by molar-refractivity contribution is 6.16. The van der Waals surface area contributed by atoms with E-state index in [1.54, 1.807) is 18.2 Å². The van der Waals surface area contributed by atoms with Gasteiger partial charge >= 0.3 is 5.97 Å². The lowest BCUT2D eigenvalue weighted by Gasteiger charge is -2.06. The van der Waals surface area contributed by atoms with Crippen molar-refractivity contribution in [2.75, 3.05) is 6.61 Å². The van der Waals surface area contributed by atoms with Gasteiger partial charge in [0.05, 0.1) is 18.2 Å². The maximum atomic E-state index is 11.5. The third kappa shape index (κ3) is 3.88. The summed E-state index contributed by atoms with van der Waals surface area (Å²) >= 11 is 5.62. The standard InChI is InChI=1S/C11H14ClNO2/c1-8(2)7-15-11(14)10-5-3-4-9(6-12)13-10/h3-5,8H,6-7H2,1-2H3. The number of pyridine rings is 1. The Hall–Kier alpha value is -1.09. The van der Waals surface area contributed by atoms with Gasteiger partial charge in [0.2, 0.25) is 0 Å². The van der Waals surface area contributed by atoms with E-state index in [1.165, 1.54) is 0 Å². The van der Waals surface area contributed by atoms with Crippen molar-refractivity contribution in [1.29, 1.82) is 0 Å². The van der Waals surface area contributed by atoms with E-state index >= 15 is 0 Å². The fraction of sp³-hybridized carbons (Fsp3) is 0.455. The molecule has 1 aromatic rings. The number of ether oxygens (including phenoxy) is 1. The third-order valence-electron chi connectivity index (χ3n) is 1.70. The van der Waals surface area contributed by atoms with E-state index in [0.29, 0.717) is 29.8 Å². The van der Waals surface area contributed by atoms with Crippen molar-refractivity contribution >= 4 is 17.6 Å². The van der Waals surface area contributed by atoms with Crippen LogP contribution in [0.15, 0.2) is 18.2 Å². The van der Waals surface area contributed by atoms with Crippen LogP contribution >= 0.6 is 11.6 Å². The molecule has 3 nitrogen and oxygen atoms in total.